The fourth-order valence-corrected chi connectivity index (χ4v) is 3.39. The molecule has 0 saturated carbocycles. The first kappa shape index (κ1) is 19.8. The van der Waals surface area contributed by atoms with E-state index in [4.69, 9.17) is 0 Å². The Morgan fingerprint density at radius 3 is 2.47 bits per heavy atom. The van der Waals surface area contributed by atoms with Crippen molar-refractivity contribution in [3.8, 4) is 5.82 Å². The van der Waals surface area contributed by atoms with Gasteiger partial charge in [0.15, 0.2) is 5.82 Å². The van der Waals surface area contributed by atoms with E-state index in [1.807, 2.05) is 36.4 Å². The molecule has 30 heavy (non-hydrogen) atoms. The Kier molecular flexibility index (Phi) is 5.11. The SMILES string of the molecule is CC(C)(C)c1cc(NC(=O)c2ccc(N3CCCC3=O)cc2)n(-c2ccccn2)n1. The predicted molar refractivity (Wildman–Crippen MR) is 116 cm³/mol. The van der Waals surface area contributed by atoms with Crippen molar-refractivity contribution in [3.63, 3.8) is 0 Å². The number of anilines is 2. The molecule has 0 spiro atoms. The number of nitrogens with one attached hydrogen (secondary N) is 1. The van der Waals surface area contributed by atoms with E-state index in [9.17, 15) is 9.59 Å². The van der Waals surface area contributed by atoms with E-state index in [0.717, 1.165) is 24.3 Å². The van der Waals surface area contributed by atoms with Crippen LogP contribution in [0.1, 0.15) is 49.7 Å². The molecule has 1 saturated heterocycles. The number of carbonyl (C=O) groups excluding carboxylic acids is 2. The molecule has 0 unspecified atom stereocenters. The number of hydrogen-bond donors (Lipinski definition) is 1. The van der Waals surface area contributed by atoms with Crippen molar-refractivity contribution >= 4 is 23.3 Å². The summed E-state index contributed by atoms with van der Waals surface area (Å²) in [7, 11) is 0. The molecule has 2 amide bonds. The van der Waals surface area contributed by atoms with Gasteiger partial charge >= 0.3 is 0 Å². The summed E-state index contributed by atoms with van der Waals surface area (Å²) in [6.45, 7) is 6.94. The molecule has 3 aromatic rings. The maximum atomic E-state index is 12.9. The number of nitrogens with zero attached hydrogens (tertiary/aromatic N) is 4. The van der Waals surface area contributed by atoms with Gasteiger partial charge in [0.1, 0.15) is 5.82 Å². The zero-order valence-corrected chi connectivity index (χ0v) is 17.4. The first-order valence-corrected chi connectivity index (χ1v) is 10.1. The summed E-state index contributed by atoms with van der Waals surface area (Å²) in [4.78, 5) is 30.9. The van der Waals surface area contributed by atoms with E-state index in [1.54, 1.807) is 27.9 Å². The third kappa shape index (κ3) is 3.96. The van der Waals surface area contributed by atoms with Gasteiger partial charge in [-0.05, 0) is 42.8 Å². The molecule has 3 heterocycles. The minimum absolute atomic E-state index is 0.126. The smallest absolute Gasteiger partial charge is 0.256 e. The van der Waals surface area contributed by atoms with E-state index < -0.39 is 0 Å². The lowest BCUT2D eigenvalue weighted by atomic mass is 9.92. The Hall–Kier alpha value is -3.48. The Balaban J connectivity index is 1.59. The monoisotopic (exact) mass is 403 g/mol. The van der Waals surface area contributed by atoms with Crippen LogP contribution in [0.5, 0.6) is 0 Å². The zero-order valence-electron chi connectivity index (χ0n) is 17.4. The van der Waals surface area contributed by atoms with Gasteiger partial charge in [-0.1, -0.05) is 26.8 Å². The number of carbonyl (C=O) groups is 2. The normalized spacial score (nSPS) is 14.2. The molecule has 0 bridgehead atoms. The van der Waals surface area contributed by atoms with Crippen LogP contribution in [-0.2, 0) is 10.2 Å². The van der Waals surface area contributed by atoms with Gasteiger partial charge in [0.25, 0.3) is 5.91 Å². The van der Waals surface area contributed by atoms with Gasteiger partial charge < -0.3 is 10.2 Å². The van der Waals surface area contributed by atoms with Crippen molar-refractivity contribution in [2.24, 2.45) is 0 Å². The van der Waals surface area contributed by atoms with Gasteiger partial charge in [-0.2, -0.15) is 9.78 Å². The quantitative estimate of drug-likeness (QED) is 0.715. The molecule has 0 aliphatic carbocycles. The fraction of sp³-hybridized carbons (Fsp3) is 0.304. The van der Waals surface area contributed by atoms with Gasteiger partial charge in [-0.3, -0.25) is 9.59 Å². The topological polar surface area (TPSA) is 80.1 Å². The lowest BCUT2D eigenvalue weighted by Gasteiger charge is -2.15. The number of benzene rings is 1. The average molecular weight is 403 g/mol. The van der Waals surface area contributed by atoms with Crippen LogP contribution < -0.4 is 10.2 Å². The second kappa shape index (κ2) is 7.74. The number of pyridine rings is 1. The van der Waals surface area contributed by atoms with Crippen LogP contribution in [0.25, 0.3) is 5.82 Å². The highest BCUT2D eigenvalue weighted by molar-refractivity contribution is 6.04. The Morgan fingerprint density at radius 1 is 1.10 bits per heavy atom. The number of hydrogen-bond acceptors (Lipinski definition) is 4. The van der Waals surface area contributed by atoms with Crippen LogP contribution in [0, 0.1) is 0 Å². The van der Waals surface area contributed by atoms with Crippen molar-refractivity contribution in [2.45, 2.75) is 39.0 Å². The van der Waals surface area contributed by atoms with E-state index in [-0.39, 0.29) is 17.2 Å². The molecular weight excluding hydrogens is 378 g/mol. The first-order valence-electron chi connectivity index (χ1n) is 10.1. The molecule has 1 aliphatic rings. The standard InChI is InChI=1S/C23H25N5O2/c1-23(2,3)18-15-20(28(26-18)19-7-4-5-13-24-19)25-22(30)16-9-11-17(12-10-16)27-14-6-8-21(27)29/h4-5,7,9-13,15H,6,8,14H2,1-3H3,(H,25,30). The van der Waals surface area contributed by atoms with E-state index in [0.29, 0.717) is 23.6 Å². The third-order valence-corrected chi connectivity index (χ3v) is 5.10. The minimum Gasteiger partial charge on any atom is -0.312 e. The van der Waals surface area contributed by atoms with E-state index >= 15 is 0 Å². The second-order valence-electron chi connectivity index (χ2n) is 8.41. The van der Waals surface area contributed by atoms with Gasteiger partial charge in [0, 0.05) is 41.9 Å². The predicted octanol–water partition coefficient (Wildman–Crippen LogP) is 3.94. The summed E-state index contributed by atoms with van der Waals surface area (Å²) >= 11 is 0. The molecule has 2 aromatic heterocycles. The molecule has 1 fully saturated rings. The molecule has 4 rings (SSSR count). The zero-order chi connectivity index (χ0) is 21.3. The van der Waals surface area contributed by atoms with Crippen LogP contribution in [-0.4, -0.2) is 33.1 Å². The molecule has 1 aliphatic heterocycles. The van der Waals surface area contributed by atoms with E-state index in [2.05, 4.69) is 36.2 Å². The van der Waals surface area contributed by atoms with Crippen LogP contribution in [0.4, 0.5) is 11.5 Å². The highest BCUT2D eigenvalue weighted by atomic mass is 16.2. The summed E-state index contributed by atoms with van der Waals surface area (Å²) in [5.41, 5.74) is 2.01. The van der Waals surface area contributed by atoms with Crippen LogP contribution >= 0.6 is 0 Å². The van der Waals surface area contributed by atoms with Crippen LogP contribution in [0.3, 0.4) is 0 Å². The van der Waals surface area contributed by atoms with Gasteiger partial charge in [-0.25, -0.2) is 4.98 Å². The van der Waals surface area contributed by atoms with Crippen LogP contribution in [0.15, 0.2) is 54.7 Å². The largest absolute Gasteiger partial charge is 0.312 e. The van der Waals surface area contributed by atoms with Crippen molar-refractivity contribution < 1.29 is 9.59 Å². The lowest BCUT2D eigenvalue weighted by molar-refractivity contribution is -0.117. The molecule has 0 radical (unpaired) electrons. The fourth-order valence-electron chi connectivity index (χ4n) is 3.39. The molecule has 1 N–H and O–H groups in total. The molecule has 7 nitrogen and oxygen atoms in total. The Labute approximate surface area is 175 Å². The van der Waals surface area contributed by atoms with Crippen molar-refractivity contribution in [3.05, 3.63) is 66.0 Å². The lowest BCUT2D eigenvalue weighted by Crippen LogP contribution is -2.23. The van der Waals surface area contributed by atoms with Crippen molar-refractivity contribution in [1.29, 1.82) is 0 Å². The van der Waals surface area contributed by atoms with Gasteiger partial charge in [-0.15, -0.1) is 0 Å². The highest BCUT2D eigenvalue weighted by Crippen LogP contribution is 2.26. The molecule has 7 heteroatoms. The molecule has 1 aromatic carbocycles. The summed E-state index contributed by atoms with van der Waals surface area (Å²) < 4.78 is 1.65. The maximum absolute atomic E-state index is 12.9. The Bertz CT molecular complexity index is 1070. The third-order valence-electron chi connectivity index (χ3n) is 5.10. The summed E-state index contributed by atoms with van der Waals surface area (Å²) in [5, 5.41) is 7.63. The van der Waals surface area contributed by atoms with E-state index in [1.165, 1.54) is 0 Å². The number of rotatable bonds is 4. The summed E-state index contributed by atoms with van der Waals surface area (Å²) in [5.74, 6) is 1.07. The van der Waals surface area contributed by atoms with Gasteiger partial charge in [0.05, 0.1) is 5.69 Å². The Morgan fingerprint density at radius 2 is 1.87 bits per heavy atom. The second-order valence-corrected chi connectivity index (χ2v) is 8.41. The molecule has 154 valence electrons. The average Bonchev–Trinajstić information content (AvgIpc) is 3.35. The molecular formula is C23H25N5O2. The van der Waals surface area contributed by atoms with Crippen LogP contribution in [0.2, 0.25) is 0 Å². The van der Waals surface area contributed by atoms with Gasteiger partial charge in [0.2, 0.25) is 5.91 Å². The summed E-state index contributed by atoms with van der Waals surface area (Å²) in [6, 6.07) is 14.5. The van der Waals surface area contributed by atoms with Crippen molar-refractivity contribution in [2.75, 3.05) is 16.8 Å². The summed E-state index contributed by atoms with van der Waals surface area (Å²) in [6.07, 6.45) is 3.14. The minimum atomic E-state index is -0.244. The maximum Gasteiger partial charge on any atom is 0.256 e. The molecule has 0 atom stereocenters. The first-order chi connectivity index (χ1) is 14.3. The number of amides is 2. The number of aromatic nitrogens is 3. The highest BCUT2D eigenvalue weighted by Gasteiger charge is 2.23. The van der Waals surface area contributed by atoms with Crippen molar-refractivity contribution in [1.82, 2.24) is 14.8 Å².